The average Bonchev–Trinajstić information content (AvgIpc) is 3.14. The van der Waals surface area contributed by atoms with Gasteiger partial charge in [0, 0.05) is 22.5 Å². The highest BCUT2D eigenvalue weighted by Gasteiger charge is 2.34. The van der Waals surface area contributed by atoms with Crippen LogP contribution in [0.1, 0.15) is 50.6 Å². The maximum atomic E-state index is 13.0. The first-order chi connectivity index (χ1) is 14.4. The molecule has 1 heterocycles. The van der Waals surface area contributed by atoms with E-state index < -0.39 is 0 Å². The zero-order chi connectivity index (χ0) is 21.3. The lowest BCUT2D eigenvalue weighted by atomic mass is 9.87. The molecule has 1 aliphatic carbocycles. The van der Waals surface area contributed by atoms with E-state index in [-0.39, 0.29) is 18.0 Å². The van der Waals surface area contributed by atoms with Crippen LogP contribution in [0.25, 0.3) is 0 Å². The molecule has 0 radical (unpaired) electrons. The second-order valence-corrected chi connectivity index (χ2v) is 9.48. The number of nitrogens with zero attached hydrogens (tertiary/aromatic N) is 2. The minimum Gasteiger partial charge on any atom is -0.348 e. The Kier molecular flexibility index (Phi) is 6.57. The molecule has 1 N–H and O–H groups in total. The van der Waals surface area contributed by atoms with Crippen molar-refractivity contribution in [1.29, 1.82) is 0 Å². The van der Waals surface area contributed by atoms with E-state index in [0.29, 0.717) is 33.1 Å². The van der Waals surface area contributed by atoms with Crippen LogP contribution in [0, 0.1) is 5.92 Å². The fourth-order valence-corrected chi connectivity index (χ4v) is 4.94. The summed E-state index contributed by atoms with van der Waals surface area (Å²) >= 11 is 18.6. The summed E-state index contributed by atoms with van der Waals surface area (Å²) in [5.41, 5.74) is 2.25. The highest BCUT2D eigenvalue weighted by atomic mass is 35.5. The smallest absolute Gasteiger partial charge is 0.267 e. The van der Waals surface area contributed by atoms with Gasteiger partial charge in [0.05, 0.1) is 16.8 Å². The van der Waals surface area contributed by atoms with Gasteiger partial charge in [0.2, 0.25) is 0 Å². The third kappa shape index (κ3) is 4.77. The number of amides is 1. The van der Waals surface area contributed by atoms with Gasteiger partial charge in [-0.2, -0.15) is 5.10 Å². The van der Waals surface area contributed by atoms with Crippen LogP contribution < -0.4 is 10.3 Å². The third-order valence-corrected chi connectivity index (χ3v) is 6.65. The molecule has 2 aliphatic rings. The zero-order valence-corrected chi connectivity index (χ0v) is 19.0. The molecule has 1 fully saturated rings. The molecule has 3 unspecified atom stereocenters. The summed E-state index contributed by atoms with van der Waals surface area (Å²) in [7, 11) is 0. The van der Waals surface area contributed by atoms with E-state index in [2.05, 4.69) is 12.2 Å². The number of hydrazone groups is 1. The van der Waals surface area contributed by atoms with E-state index in [9.17, 15) is 4.79 Å². The van der Waals surface area contributed by atoms with Crippen LogP contribution >= 0.6 is 34.8 Å². The predicted molar refractivity (Wildman–Crippen MR) is 125 cm³/mol. The summed E-state index contributed by atoms with van der Waals surface area (Å²) in [6.45, 7) is 2.24. The Hall–Kier alpha value is -1.75. The van der Waals surface area contributed by atoms with Crippen molar-refractivity contribution in [3.05, 3.63) is 63.1 Å². The number of carbonyl (C=O) groups excluding carboxylic acids is 1. The molecule has 0 saturated heterocycles. The molecule has 4 nitrogen and oxygen atoms in total. The lowest BCUT2D eigenvalue weighted by Gasteiger charge is -2.27. The Bertz CT molecular complexity index is 961. The minimum absolute atomic E-state index is 0.0966. The number of carbonyl (C=O) groups is 1. The van der Waals surface area contributed by atoms with E-state index in [1.165, 1.54) is 6.42 Å². The number of nitrogens with one attached hydrogen (secondary N) is 1. The lowest BCUT2D eigenvalue weighted by Crippen LogP contribution is -2.41. The van der Waals surface area contributed by atoms with Crippen LogP contribution in [-0.2, 0) is 4.79 Å². The average molecular weight is 465 g/mol. The van der Waals surface area contributed by atoms with Gasteiger partial charge in [-0.15, -0.1) is 0 Å². The second-order valence-electron chi connectivity index (χ2n) is 8.20. The van der Waals surface area contributed by atoms with Crippen LogP contribution in [0.15, 0.2) is 47.6 Å². The summed E-state index contributed by atoms with van der Waals surface area (Å²) in [5, 5.41) is 11.4. The molecule has 1 saturated carbocycles. The highest BCUT2D eigenvalue weighted by molar-refractivity contribution is 6.40. The van der Waals surface area contributed by atoms with Crippen LogP contribution in [0.4, 0.5) is 5.69 Å². The second kappa shape index (κ2) is 9.17. The van der Waals surface area contributed by atoms with Gasteiger partial charge in [0.25, 0.3) is 5.91 Å². The molecular formula is C23H24Cl3N3O. The first-order valence-electron chi connectivity index (χ1n) is 10.3. The Balaban J connectivity index is 1.61. The van der Waals surface area contributed by atoms with Crippen LogP contribution in [0.5, 0.6) is 0 Å². The van der Waals surface area contributed by atoms with Crippen molar-refractivity contribution in [3.63, 3.8) is 0 Å². The zero-order valence-electron chi connectivity index (χ0n) is 16.7. The number of hydrogen-bond acceptors (Lipinski definition) is 3. The van der Waals surface area contributed by atoms with Gasteiger partial charge >= 0.3 is 0 Å². The Morgan fingerprint density at radius 2 is 1.80 bits per heavy atom. The fraction of sp³-hybridized carbons (Fsp3) is 0.391. The van der Waals surface area contributed by atoms with Gasteiger partial charge in [-0.1, -0.05) is 66.7 Å². The number of benzene rings is 2. The summed E-state index contributed by atoms with van der Waals surface area (Å²) in [4.78, 5) is 13.0. The molecule has 2 aromatic carbocycles. The van der Waals surface area contributed by atoms with Gasteiger partial charge in [-0.25, -0.2) is 0 Å². The quantitative estimate of drug-likeness (QED) is 0.550. The van der Waals surface area contributed by atoms with E-state index in [1.807, 2.05) is 35.3 Å². The first kappa shape index (κ1) is 21.5. The Labute approximate surface area is 192 Å². The van der Waals surface area contributed by atoms with Gasteiger partial charge in [0.1, 0.15) is 5.71 Å². The molecule has 0 spiro atoms. The van der Waals surface area contributed by atoms with Crippen molar-refractivity contribution in [2.75, 3.05) is 5.01 Å². The molecule has 7 heteroatoms. The number of rotatable bonds is 4. The normalized spacial score (nSPS) is 23.9. The van der Waals surface area contributed by atoms with E-state index >= 15 is 0 Å². The van der Waals surface area contributed by atoms with Crippen molar-refractivity contribution in [2.24, 2.45) is 11.0 Å². The fourth-order valence-electron chi connectivity index (χ4n) is 4.32. The first-order valence-corrected chi connectivity index (χ1v) is 11.4. The van der Waals surface area contributed by atoms with Gasteiger partial charge in [-0.05, 0) is 54.7 Å². The summed E-state index contributed by atoms with van der Waals surface area (Å²) in [5.74, 6) is 0.543. The molecule has 2 aromatic rings. The summed E-state index contributed by atoms with van der Waals surface area (Å²) < 4.78 is 0. The van der Waals surface area contributed by atoms with Crippen molar-refractivity contribution >= 4 is 52.1 Å². The SMILES string of the molecule is CC1CCCC(NC(=O)C2=NN(c3ccc(Cl)cc3Cl)C(c3ccc(Cl)cc3)C2)C1. The minimum atomic E-state index is -0.146. The molecule has 1 aliphatic heterocycles. The molecule has 4 rings (SSSR count). The number of halogens is 3. The highest BCUT2D eigenvalue weighted by Crippen LogP contribution is 2.40. The van der Waals surface area contributed by atoms with E-state index in [1.54, 1.807) is 12.1 Å². The standard InChI is InChI=1S/C23H24Cl3N3O/c1-14-3-2-4-18(11-14)27-23(30)20-13-22(15-5-7-16(24)8-6-15)29(28-20)21-10-9-17(25)12-19(21)26/h5-10,12,14,18,22H,2-4,11,13H2,1H3,(H,27,30). The number of anilines is 1. The summed E-state index contributed by atoms with van der Waals surface area (Å²) in [6.07, 6.45) is 4.92. The van der Waals surface area contributed by atoms with Crippen LogP contribution in [-0.4, -0.2) is 17.7 Å². The largest absolute Gasteiger partial charge is 0.348 e. The molecule has 0 bridgehead atoms. The van der Waals surface area contributed by atoms with Gasteiger partial charge in [0.15, 0.2) is 0 Å². The van der Waals surface area contributed by atoms with Crippen molar-refractivity contribution < 1.29 is 4.79 Å². The topological polar surface area (TPSA) is 44.7 Å². The van der Waals surface area contributed by atoms with Gasteiger partial charge in [-0.3, -0.25) is 9.80 Å². The van der Waals surface area contributed by atoms with E-state index in [0.717, 1.165) is 30.5 Å². The van der Waals surface area contributed by atoms with Crippen LogP contribution in [0.2, 0.25) is 15.1 Å². The molecule has 3 atom stereocenters. The van der Waals surface area contributed by atoms with Gasteiger partial charge < -0.3 is 5.32 Å². The Morgan fingerprint density at radius 1 is 1.07 bits per heavy atom. The third-order valence-electron chi connectivity index (χ3n) is 5.86. The maximum Gasteiger partial charge on any atom is 0.267 e. The molecule has 30 heavy (non-hydrogen) atoms. The van der Waals surface area contributed by atoms with Crippen molar-refractivity contribution in [2.45, 2.75) is 51.1 Å². The molecule has 158 valence electrons. The number of hydrogen-bond donors (Lipinski definition) is 1. The molecular weight excluding hydrogens is 441 g/mol. The maximum absolute atomic E-state index is 13.0. The predicted octanol–water partition coefficient (Wildman–Crippen LogP) is 6.65. The van der Waals surface area contributed by atoms with Crippen molar-refractivity contribution in [3.8, 4) is 0 Å². The van der Waals surface area contributed by atoms with E-state index in [4.69, 9.17) is 39.9 Å². The summed E-state index contributed by atoms with van der Waals surface area (Å²) in [6, 6.07) is 13.0. The van der Waals surface area contributed by atoms with Crippen molar-refractivity contribution in [1.82, 2.24) is 5.32 Å². The molecule has 1 amide bonds. The monoisotopic (exact) mass is 463 g/mol. The lowest BCUT2D eigenvalue weighted by molar-refractivity contribution is -0.115. The Morgan fingerprint density at radius 3 is 2.50 bits per heavy atom. The molecule has 0 aromatic heterocycles. The van der Waals surface area contributed by atoms with Crippen LogP contribution in [0.3, 0.4) is 0 Å².